The molecule has 0 spiro atoms. The average Bonchev–Trinajstić information content (AvgIpc) is 2.78. The molecule has 1 saturated heterocycles. The Morgan fingerprint density at radius 3 is 2.84 bits per heavy atom. The van der Waals surface area contributed by atoms with Gasteiger partial charge in [0.15, 0.2) is 0 Å². The van der Waals surface area contributed by atoms with Gasteiger partial charge in [-0.2, -0.15) is 0 Å². The number of rotatable bonds is 2. The summed E-state index contributed by atoms with van der Waals surface area (Å²) in [6.07, 6.45) is 1.58. The molecule has 2 aromatic rings. The number of halogens is 2. The van der Waals surface area contributed by atoms with E-state index in [1.54, 1.807) is 24.3 Å². The van der Waals surface area contributed by atoms with Crippen LogP contribution in [-0.2, 0) is 0 Å². The molecule has 1 fully saturated rings. The third-order valence-corrected chi connectivity index (χ3v) is 3.44. The van der Waals surface area contributed by atoms with E-state index in [2.05, 4.69) is 4.98 Å². The molecule has 1 aliphatic heterocycles. The molecule has 0 saturated carbocycles. The summed E-state index contributed by atoms with van der Waals surface area (Å²) >= 11 is 0. The van der Waals surface area contributed by atoms with Gasteiger partial charge in [-0.1, -0.05) is 0 Å². The van der Waals surface area contributed by atoms with Crippen LogP contribution in [0.1, 0.15) is 6.42 Å². The van der Waals surface area contributed by atoms with Crippen molar-refractivity contribution in [1.82, 2.24) is 4.98 Å². The lowest BCUT2D eigenvalue weighted by Crippen LogP contribution is -2.24. The molecule has 2 heterocycles. The first-order chi connectivity index (χ1) is 9.09. The zero-order chi connectivity index (χ0) is 13.5. The second kappa shape index (κ2) is 4.33. The van der Waals surface area contributed by atoms with Gasteiger partial charge in [0, 0.05) is 30.2 Å². The number of alkyl halides is 2. The minimum absolute atomic E-state index is 0.0881. The van der Waals surface area contributed by atoms with Crippen LogP contribution in [0.15, 0.2) is 30.5 Å². The Labute approximate surface area is 109 Å². The van der Waals surface area contributed by atoms with E-state index in [1.807, 2.05) is 18.2 Å². The maximum atomic E-state index is 13.3. The smallest absolute Gasteiger partial charge is 0.266 e. The number of ether oxygens (including phenoxy) is 1. The Morgan fingerprint density at radius 1 is 1.32 bits per heavy atom. The van der Waals surface area contributed by atoms with Crippen LogP contribution in [-0.4, -0.2) is 31.1 Å². The third kappa shape index (κ3) is 2.20. The maximum Gasteiger partial charge on any atom is 0.266 e. The minimum Gasteiger partial charge on any atom is -0.496 e. The number of hydrogen-bond acceptors (Lipinski definition) is 3. The number of anilines is 1. The predicted molar refractivity (Wildman–Crippen MR) is 70.1 cm³/mol. The Hall–Kier alpha value is -1.91. The van der Waals surface area contributed by atoms with Crippen molar-refractivity contribution in [2.75, 3.05) is 25.1 Å². The molecule has 19 heavy (non-hydrogen) atoms. The van der Waals surface area contributed by atoms with Crippen molar-refractivity contribution in [2.24, 2.45) is 0 Å². The molecule has 3 nitrogen and oxygen atoms in total. The standard InChI is InChI=1S/C14H14F2N2O/c1-19-13-4-6-17-12-3-2-10(8-11(12)13)18-7-5-14(15,16)9-18/h2-4,6,8H,5,7,9H2,1H3. The molecule has 0 aliphatic carbocycles. The number of benzene rings is 1. The first-order valence-electron chi connectivity index (χ1n) is 6.15. The van der Waals surface area contributed by atoms with Crippen LogP contribution in [0.25, 0.3) is 10.9 Å². The summed E-state index contributed by atoms with van der Waals surface area (Å²) in [7, 11) is 1.59. The number of hydrogen-bond donors (Lipinski definition) is 0. The summed E-state index contributed by atoms with van der Waals surface area (Å²) in [6.45, 7) is 0.155. The molecule has 0 radical (unpaired) electrons. The van der Waals surface area contributed by atoms with Crippen LogP contribution in [0.2, 0.25) is 0 Å². The normalized spacial score (nSPS) is 17.9. The van der Waals surface area contributed by atoms with Crippen molar-refractivity contribution in [1.29, 1.82) is 0 Å². The summed E-state index contributed by atoms with van der Waals surface area (Å²) in [5.74, 6) is -1.88. The fourth-order valence-electron chi connectivity index (χ4n) is 2.44. The van der Waals surface area contributed by atoms with Crippen LogP contribution in [0.3, 0.4) is 0 Å². The summed E-state index contributed by atoms with van der Waals surface area (Å²) in [5.41, 5.74) is 1.59. The Balaban J connectivity index is 2.02. The highest BCUT2D eigenvalue weighted by Crippen LogP contribution is 2.33. The van der Waals surface area contributed by atoms with E-state index in [0.717, 1.165) is 16.6 Å². The highest BCUT2D eigenvalue weighted by molar-refractivity contribution is 5.88. The van der Waals surface area contributed by atoms with Crippen molar-refractivity contribution in [2.45, 2.75) is 12.3 Å². The first-order valence-corrected chi connectivity index (χ1v) is 6.15. The van der Waals surface area contributed by atoms with Crippen molar-refractivity contribution >= 4 is 16.6 Å². The lowest BCUT2D eigenvalue weighted by molar-refractivity contribution is 0.0257. The lowest BCUT2D eigenvalue weighted by Gasteiger charge is -2.19. The molecule has 1 aliphatic rings. The molecule has 0 bridgehead atoms. The molecular weight excluding hydrogens is 250 g/mol. The van der Waals surface area contributed by atoms with Gasteiger partial charge in [-0.15, -0.1) is 0 Å². The van der Waals surface area contributed by atoms with Crippen LogP contribution < -0.4 is 9.64 Å². The Kier molecular flexibility index (Phi) is 2.77. The second-order valence-corrected chi connectivity index (χ2v) is 4.74. The van der Waals surface area contributed by atoms with E-state index >= 15 is 0 Å². The van der Waals surface area contributed by atoms with Crippen molar-refractivity contribution in [3.63, 3.8) is 0 Å². The number of nitrogens with zero attached hydrogens (tertiary/aromatic N) is 2. The summed E-state index contributed by atoms with van der Waals surface area (Å²) in [4.78, 5) is 5.94. The summed E-state index contributed by atoms with van der Waals surface area (Å²) in [5, 5.41) is 0.845. The zero-order valence-electron chi connectivity index (χ0n) is 10.6. The van der Waals surface area contributed by atoms with Gasteiger partial charge >= 0.3 is 0 Å². The van der Waals surface area contributed by atoms with Gasteiger partial charge < -0.3 is 9.64 Å². The monoisotopic (exact) mass is 264 g/mol. The van der Waals surface area contributed by atoms with Crippen molar-refractivity contribution < 1.29 is 13.5 Å². The fraction of sp³-hybridized carbons (Fsp3) is 0.357. The van der Waals surface area contributed by atoms with Crippen LogP contribution in [0.4, 0.5) is 14.5 Å². The number of fused-ring (bicyclic) bond motifs is 1. The van der Waals surface area contributed by atoms with E-state index in [1.165, 1.54) is 0 Å². The Morgan fingerprint density at radius 2 is 2.16 bits per heavy atom. The van der Waals surface area contributed by atoms with Gasteiger partial charge in [0.2, 0.25) is 0 Å². The summed E-state index contributed by atoms with van der Waals surface area (Å²) in [6, 6.07) is 7.30. The SMILES string of the molecule is COc1ccnc2ccc(N3CCC(F)(F)C3)cc12. The van der Waals surface area contributed by atoms with Gasteiger partial charge in [0.25, 0.3) is 5.92 Å². The van der Waals surface area contributed by atoms with Gasteiger partial charge in [-0.05, 0) is 24.3 Å². The van der Waals surface area contributed by atoms with Gasteiger partial charge in [0.1, 0.15) is 5.75 Å². The molecule has 1 aromatic heterocycles. The van der Waals surface area contributed by atoms with Gasteiger partial charge in [0.05, 0.1) is 19.2 Å². The zero-order valence-corrected chi connectivity index (χ0v) is 10.6. The lowest BCUT2D eigenvalue weighted by atomic mass is 10.1. The Bertz CT molecular complexity index is 615. The average molecular weight is 264 g/mol. The maximum absolute atomic E-state index is 13.3. The van der Waals surface area contributed by atoms with Crippen LogP contribution >= 0.6 is 0 Å². The third-order valence-electron chi connectivity index (χ3n) is 3.44. The number of aromatic nitrogens is 1. The minimum atomic E-state index is -2.59. The topological polar surface area (TPSA) is 25.4 Å². The number of pyridine rings is 1. The van der Waals surface area contributed by atoms with Gasteiger partial charge in [-0.25, -0.2) is 8.78 Å². The van der Waals surface area contributed by atoms with E-state index in [0.29, 0.717) is 12.3 Å². The largest absolute Gasteiger partial charge is 0.496 e. The molecule has 0 atom stereocenters. The molecular formula is C14H14F2N2O. The molecule has 1 aromatic carbocycles. The molecule has 3 rings (SSSR count). The predicted octanol–water partition coefficient (Wildman–Crippen LogP) is 3.09. The highest BCUT2D eigenvalue weighted by atomic mass is 19.3. The van der Waals surface area contributed by atoms with Crippen LogP contribution in [0, 0.1) is 0 Å². The van der Waals surface area contributed by atoms with E-state index in [9.17, 15) is 8.78 Å². The van der Waals surface area contributed by atoms with Crippen molar-refractivity contribution in [3.05, 3.63) is 30.5 Å². The van der Waals surface area contributed by atoms with E-state index in [-0.39, 0.29) is 13.0 Å². The molecule has 0 N–H and O–H groups in total. The second-order valence-electron chi connectivity index (χ2n) is 4.74. The van der Waals surface area contributed by atoms with E-state index in [4.69, 9.17) is 4.74 Å². The van der Waals surface area contributed by atoms with E-state index < -0.39 is 5.92 Å². The molecule has 5 heteroatoms. The quantitative estimate of drug-likeness (QED) is 0.833. The molecule has 0 amide bonds. The summed E-state index contributed by atoms with van der Waals surface area (Å²) < 4.78 is 31.8. The fourth-order valence-corrected chi connectivity index (χ4v) is 2.44. The molecule has 0 unspecified atom stereocenters. The number of methoxy groups -OCH3 is 1. The first kappa shape index (κ1) is 12.1. The van der Waals surface area contributed by atoms with Crippen molar-refractivity contribution in [3.8, 4) is 5.75 Å². The molecule has 100 valence electrons. The van der Waals surface area contributed by atoms with Crippen LogP contribution in [0.5, 0.6) is 5.75 Å². The highest BCUT2D eigenvalue weighted by Gasteiger charge is 2.38. The van der Waals surface area contributed by atoms with Gasteiger partial charge in [-0.3, -0.25) is 4.98 Å².